The molecule has 0 fully saturated rings. The number of amides is 2. The maximum absolute atomic E-state index is 11.3. The number of urea groups is 1. The molecule has 0 heterocycles. The number of carboxylic acids is 2. The Hall–Kier alpha value is -1.83. The number of hydrogen-bond acceptors (Lipinski definition) is 4. The molecule has 8 heteroatoms. The van der Waals surface area contributed by atoms with Gasteiger partial charge in [0.05, 0.1) is 6.61 Å². The van der Waals surface area contributed by atoms with Crippen molar-refractivity contribution in [2.24, 2.45) is 0 Å². The summed E-state index contributed by atoms with van der Waals surface area (Å²) >= 11 is 0. The summed E-state index contributed by atoms with van der Waals surface area (Å²) < 4.78 is 4.71. The summed E-state index contributed by atoms with van der Waals surface area (Å²) in [5.74, 6) is -2.19. The van der Waals surface area contributed by atoms with Crippen LogP contribution in [0.5, 0.6) is 0 Å². The molecule has 0 radical (unpaired) electrons. The minimum absolute atomic E-state index is 0.0688. The first-order chi connectivity index (χ1) is 8.47. The average Bonchev–Trinajstić information content (AvgIpc) is 2.27. The second-order valence-corrected chi connectivity index (χ2v) is 3.57. The molecule has 0 unspecified atom stereocenters. The first kappa shape index (κ1) is 16.2. The lowest BCUT2D eigenvalue weighted by Gasteiger charge is -2.14. The molecule has 0 aliphatic heterocycles. The van der Waals surface area contributed by atoms with Crippen LogP contribution in [0.1, 0.15) is 19.3 Å². The highest BCUT2D eigenvalue weighted by Crippen LogP contribution is 2.01. The lowest BCUT2D eigenvalue weighted by molar-refractivity contribution is -0.140. The molecule has 0 saturated carbocycles. The fourth-order valence-corrected chi connectivity index (χ4v) is 1.19. The summed E-state index contributed by atoms with van der Waals surface area (Å²) in [7, 11) is 1.48. The van der Waals surface area contributed by atoms with Crippen LogP contribution in [-0.4, -0.2) is 54.5 Å². The molecular weight excluding hydrogens is 244 g/mol. The Morgan fingerprint density at radius 2 is 1.94 bits per heavy atom. The van der Waals surface area contributed by atoms with Gasteiger partial charge in [-0.25, -0.2) is 9.59 Å². The number of hydrogen-bond donors (Lipinski definition) is 4. The van der Waals surface area contributed by atoms with Crippen molar-refractivity contribution in [2.45, 2.75) is 25.3 Å². The topological polar surface area (TPSA) is 125 Å². The average molecular weight is 262 g/mol. The summed E-state index contributed by atoms with van der Waals surface area (Å²) in [5, 5.41) is 21.9. The van der Waals surface area contributed by atoms with Gasteiger partial charge in [-0.05, 0) is 12.8 Å². The largest absolute Gasteiger partial charge is 0.481 e. The van der Waals surface area contributed by atoms with Gasteiger partial charge in [0.2, 0.25) is 0 Å². The fraction of sp³-hybridized carbons (Fsp3) is 0.700. The molecule has 0 aromatic rings. The molecule has 0 aliphatic carbocycles. The third-order valence-corrected chi connectivity index (χ3v) is 2.08. The van der Waals surface area contributed by atoms with Crippen molar-refractivity contribution in [1.29, 1.82) is 0 Å². The zero-order chi connectivity index (χ0) is 14.0. The molecule has 2 amide bonds. The number of carboxylic acid groups (broad SMARTS) is 2. The zero-order valence-electron chi connectivity index (χ0n) is 10.1. The summed E-state index contributed by atoms with van der Waals surface area (Å²) in [5.41, 5.74) is 0. The van der Waals surface area contributed by atoms with Crippen molar-refractivity contribution in [3.8, 4) is 0 Å². The van der Waals surface area contributed by atoms with Crippen LogP contribution in [0.25, 0.3) is 0 Å². The van der Waals surface area contributed by atoms with E-state index in [1.165, 1.54) is 7.11 Å². The molecule has 0 saturated heterocycles. The Morgan fingerprint density at radius 1 is 1.28 bits per heavy atom. The van der Waals surface area contributed by atoms with Crippen molar-refractivity contribution in [3.05, 3.63) is 0 Å². The van der Waals surface area contributed by atoms with Crippen molar-refractivity contribution in [1.82, 2.24) is 10.6 Å². The molecule has 18 heavy (non-hydrogen) atoms. The number of rotatable bonds is 9. The van der Waals surface area contributed by atoms with Gasteiger partial charge in [0.25, 0.3) is 0 Å². The van der Waals surface area contributed by atoms with E-state index in [-0.39, 0.29) is 25.8 Å². The van der Waals surface area contributed by atoms with Crippen LogP contribution in [0.15, 0.2) is 0 Å². The molecule has 0 rings (SSSR count). The van der Waals surface area contributed by atoms with E-state index < -0.39 is 24.0 Å². The first-order valence-electron chi connectivity index (χ1n) is 5.45. The second kappa shape index (κ2) is 9.23. The predicted octanol–water partition coefficient (Wildman–Crippen LogP) is -0.360. The van der Waals surface area contributed by atoms with E-state index in [1.54, 1.807) is 0 Å². The van der Waals surface area contributed by atoms with E-state index >= 15 is 0 Å². The summed E-state index contributed by atoms with van der Waals surface area (Å²) in [4.78, 5) is 32.4. The number of carbonyl (C=O) groups is 3. The Balaban J connectivity index is 3.99. The van der Waals surface area contributed by atoms with Gasteiger partial charge in [-0.2, -0.15) is 0 Å². The maximum Gasteiger partial charge on any atom is 0.326 e. The predicted molar refractivity (Wildman–Crippen MR) is 61.3 cm³/mol. The van der Waals surface area contributed by atoms with Crippen LogP contribution in [0.2, 0.25) is 0 Å². The minimum atomic E-state index is -1.19. The Bertz CT molecular complexity index is 294. The maximum atomic E-state index is 11.3. The molecule has 8 nitrogen and oxygen atoms in total. The summed E-state index contributed by atoms with van der Waals surface area (Å²) in [6.07, 6.45) is 0.126. The number of carbonyl (C=O) groups excluding carboxylic acids is 1. The number of nitrogens with one attached hydrogen (secondary N) is 2. The standard InChI is InChI=1S/C10H18N2O6/c1-18-6-5-11-10(17)12-7(9(15)16)3-2-4-8(13)14/h7H,2-6H2,1H3,(H,13,14)(H,15,16)(H2,11,12,17)/t7-/m1/s1. The molecule has 0 aromatic heterocycles. The Morgan fingerprint density at radius 3 is 2.44 bits per heavy atom. The molecule has 0 bridgehead atoms. The lowest BCUT2D eigenvalue weighted by Crippen LogP contribution is -2.46. The van der Waals surface area contributed by atoms with Gasteiger partial charge in [0.15, 0.2) is 0 Å². The van der Waals surface area contributed by atoms with Gasteiger partial charge in [-0.15, -0.1) is 0 Å². The summed E-state index contributed by atoms with van der Waals surface area (Å²) in [6.45, 7) is 0.591. The van der Waals surface area contributed by atoms with E-state index in [0.29, 0.717) is 6.61 Å². The first-order valence-corrected chi connectivity index (χ1v) is 5.45. The quantitative estimate of drug-likeness (QED) is 0.420. The van der Waals surface area contributed by atoms with Crippen LogP contribution in [0, 0.1) is 0 Å². The SMILES string of the molecule is COCCNC(=O)N[C@H](CCCC(=O)O)C(=O)O. The summed E-state index contributed by atoms with van der Waals surface area (Å²) in [6, 6.07) is -1.71. The molecule has 0 aromatic carbocycles. The zero-order valence-corrected chi connectivity index (χ0v) is 10.1. The highest BCUT2D eigenvalue weighted by atomic mass is 16.5. The molecule has 4 N–H and O–H groups in total. The van der Waals surface area contributed by atoms with E-state index in [0.717, 1.165) is 0 Å². The fourth-order valence-electron chi connectivity index (χ4n) is 1.19. The third kappa shape index (κ3) is 8.34. The van der Waals surface area contributed by atoms with Gasteiger partial charge in [0.1, 0.15) is 6.04 Å². The Kier molecular flexibility index (Phi) is 8.29. The van der Waals surface area contributed by atoms with Crippen molar-refractivity contribution in [2.75, 3.05) is 20.3 Å². The van der Waals surface area contributed by atoms with Crippen LogP contribution >= 0.6 is 0 Å². The van der Waals surface area contributed by atoms with Crippen molar-refractivity contribution in [3.63, 3.8) is 0 Å². The monoisotopic (exact) mass is 262 g/mol. The number of ether oxygens (including phenoxy) is 1. The smallest absolute Gasteiger partial charge is 0.326 e. The van der Waals surface area contributed by atoms with Crippen LogP contribution in [-0.2, 0) is 14.3 Å². The number of methoxy groups -OCH3 is 1. The third-order valence-electron chi connectivity index (χ3n) is 2.08. The van der Waals surface area contributed by atoms with E-state index in [1.807, 2.05) is 0 Å². The number of aliphatic carboxylic acids is 2. The highest BCUT2D eigenvalue weighted by molar-refractivity contribution is 5.82. The Labute approximate surface area is 104 Å². The van der Waals surface area contributed by atoms with Gasteiger partial charge in [0, 0.05) is 20.1 Å². The lowest BCUT2D eigenvalue weighted by atomic mass is 10.1. The van der Waals surface area contributed by atoms with E-state index in [4.69, 9.17) is 14.9 Å². The van der Waals surface area contributed by atoms with E-state index in [2.05, 4.69) is 10.6 Å². The second-order valence-electron chi connectivity index (χ2n) is 3.57. The van der Waals surface area contributed by atoms with Gasteiger partial charge >= 0.3 is 18.0 Å². The molecular formula is C10H18N2O6. The normalized spacial score (nSPS) is 11.6. The van der Waals surface area contributed by atoms with Crippen molar-refractivity contribution < 1.29 is 29.3 Å². The van der Waals surface area contributed by atoms with Crippen LogP contribution in [0.4, 0.5) is 4.79 Å². The molecule has 0 aliphatic rings. The van der Waals surface area contributed by atoms with Gasteiger partial charge < -0.3 is 25.6 Å². The minimum Gasteiger partial charge on any atom is -0.481 e. The molecule has 0 spiro atoms. The highest BCUT2D eigenvalue weighted by Gasteiger charge is 2.19. The molecule has 1 atom stereocenters. The van der Waals surface area contributed by atoms with E-state index in [9.17, 15) is 14.4 Å². The molecule has 104 valence electrons. The van der Waals surface area contributed by atoms with Crippen LogP contribution in [0.3, 0.4) is 0 Å². The van der Waals surface area contributed by atoms with Crippen LogP contribution < -0.4 is 10.6 Å². The van der Waals surface area contributed by atoms with Gasteiger partial charge in [-0.3, -0.25) is 4.79 Å². The van der Waals surface area contributed by atoms with Gasteiger partial charge in [-0.1, -0.05) is 0 Å². The van der Waals surface area contributed by atoms with Crippen molar-refractivity contribution >= 4 is 18.0 Å².